The van der Waals surface area contributed by atoms with Crippen molar-refractivity contribution < 1.29 is 17.0 Å². The number of aryl methyl sites for hydroxylation is 1. The van der Waals surface area contributed by atoms with Crippen LogP contribution in [-0.2, 0) is 6.54 Å². The summed E-state index contributed by atoms with van der Waals surface area (Å²) in [4.78, 5) is 2.32. The Morgan fingerprint density at radius 3 is 2.83 bits per heavy atom. The largest absolute Gasteiger partial charge is 1.00 e. The van der Waals surface area contributed by atoms with E-state index in [0.29, 0.717) is 0 Å². The van der Waals surface area contributed by atoms with Crippen molar-refractivity contribution in [2.24, 2.45) is 0 Å². The second-order valence-electron chi connectivity index (χ2n) is 4.23. The van der Waals surface area contributed by atoms with E-state index >= 15 is 0 Å². The van der Waals surface area contributed by atoms with E-state index < -0.39 is 0 Å². The number of rotatable bonds is 2. The molecule has 0 saturated carbocycles. The normalized spacial score (nSPS) is 13.7. The molecule has 0 amide bonds. The molecular weight excluding hydrogens is 264 g/mol. The molecular formula is C14H15ClN2S. The number of nitrogens with zero attached hydrogens (tertiary/aromatic N) is 2. The molecule has 1 aromatic heterocycles. The molecule has 0 fully saturated rings. The third-order valence-corrected chi connectivity index (χ3v) is 4.17. The zero-order chi connectivity index (χ0) is 11.7. The summed E-state index contributed by atoms with van der Waals surface area (Å²) < 4.78 is 2.38. The summed E-state index contributed by atoms with van der Waals surface area (Å²) in [6.07, 6.45) is 4.36. The highest BCUT2D eigenvalue weighted by Gasteiger charge is 2.28. The Labute approximate surface area is 118 Å². The molecule has 0 saturated heterocycles. The topological polar surface area (TPSA) is 7.12 Å². The summed E-state index contributed by atoms with van der Waals surface area (Å²) in [6.45, 7) is 4.35. The van der Waals surface area contributed by atoms with Gasteiger partial charge in [0, 0.05) is 5.38 Å². The van der Waals surface area contributed by atoms with Gasteiger partial charge in [-0.15, -0.1) is 0 Å². The fourth-order valence-corrected chi connectivity index (χ4v) is 3.15. The van der Waals surface area contributed by atoms with E-state index in [0.717, 1.165) is 13.1 Å². The van der Waals surface area contributed by atoms with E-state index in [4.69, 9.17) is 0 Å². The maximum atomic E-state index is 2.38. The molecule has 0 spiro atoms. The molecule has 2 nitrogen and oxygen atoms in total. The number of benzene rings is 1. The molecule has 0 N–H and O–H groups in total. The number of hydrogen-bond acceptors (Lipinski definition) is 2. The van der Waals surface area contributed by atoms with Gasteiger partial charge in [-0.05, 0) is 18.6 Å². The van der Waals surface area contributed by atoms with Gasteiger partial charge < -0.3 is 12.4 Å². The van der Waals surface area contributed by atoms with Gasteiger partial charge in [-0.25, -0.2) is 9.47 Å². The minimum Gasteiger partial charge on any atom is -1.00 e. The molecule has 94 valence electrons. The lowest BCUT2D eigenvalue weighted by Gasteiger charge is -2.00. The molecule has 0 radical (unpaired) electrons. The quantitative estimate of drug-likeness (QED) is 0.693. The van der Waals surface area contributed by atoms with Gasteiger partial charge in [-0.2, -0.15) is 0 Å². The van der Waals surface area contributed by atoms with E-state index in [-0.39, 0.29) is 12.4 Å². The maximum absolute atomic E-state index is 2.38. The average molecular weight is 279 g/mol. The Morgan fingerprint density at radius 1 is 1.28 bits per heavy atom. The molecule has 1 aliphatic heterocycles. The smallest absolute Gasteiger partial charge is 0.341 e. The summed E-state index contributed by atoms with van der Waals surface area (Å²) in [5.41, 5.74) is 2.61. The average Bonchev–Trinajstić information content (AvgIpc) is 2.92. The van der Waals surface area contributed by atoms with Gasteiger partial charge in [0.15, 0.2) is 0 Å². The molecule has 3 rings (SSSR count). The van der Waals surface area contributed by atoms with Crippen molar-refractivity contribution in [3.8, 4) is 0 Å². The highest BCUT2D eigenvalue weighted by atomic mass is 35.5. The number of fused-ring (bicyclic) bond motifs is 1. The van der Waals surface area contributed by atoms with Crippen LogP contribution in [0.4, 0.5) is 5.13 Å². The predicted molar refractivity (Wildman–Crippen MR) is 72.1 cm³/mol. The molecule has 2 aromatic rings. The predicted octanol–water partition coefficient (Wildman–Crippen LogP) is -0.161. The number of aromatic nitrogens is 1. The molecule has 0 bridgehead atoms. The van der Waals surface area contributed by atoms with E-state index in [1.807, 2.05) is 17.4 Å². The second-order valence-corrected chi connectivity index (χ2v) is 5.07. The first-order valence-corrected chi connectivity index (χ1v) is 6.70. The Balaban J connectivity index is 0.00000120. The molecule has 0 atom stereocenters. The molecule has 2 heterocycles. The van der Waals surface area contributed by atoms with Crippen molar-refractivity contribution in [3.05, 3.63) is 53.2 Å². The van der Waals surface area contributed by atoms with Crippen LogP contribution in [0, 0.1) is 6.92 Å². The summed E-state index contributed by atoms with van der Waals surface area (Å²) >= 11 is 1.82. The van der Waals surface area contributed by atoms with Crippen LogP contribution in [0.5, 0.6) is 0 Å². The molecule has 0 unspecified atom stereocenters. The summed E-state index contributed by atoms with van der Waals surface area (Å²) in [5, 5.41) is 3.56. The van der Waals surface area contributed by atoms with Crippen molar-refractivity contribution in [1.82, 2.24) is 0 Å². The zero-order valence-electron chi connectivity index (χ0n) is 10.2. The summed E-state index contributed by atoms with van der Waals surface area (Å²) in [6, 6.07) is 10.4. The van der Waals surface area contributed by atoms with Crippen LogP contribution in [0.25, 0.3) is 6.08 Å². The third kappa shape index (κ3) is 2.42. The van der Waals surface area contributed by atoms with Crippen molar-refractivity contribution in [2.45, 2.75) is 13.5 Å². The number of halogens is 1. The van der Waals surface area contributed by atoms with E-state index in [2.05, 4.69) is 58.3 Å². The first-order chi connectivity index (χ1) is 8.34. The Hall–Kier alpha value is -1.32. The van der Waals surface area contributed by atoms with Crippen LogP contribution in [0.3, 0.4) is 0 Å². The highest BCUT2D eigenvalue weighted by Crippen LogP contribution is 2.23. The van der Waals surface area contributed by atoms with E-state index in [1.165, 1.54) is 16.4 Å². The zero-order valence-corrected chi connectivity index (χ0v) is 11.8. The monoisotopic (exact) mass is 278 g/mol. The van der Waals surface area contributed by atoms with Crippen LogP contribution in [0.1, 0.15) is 11.3 Å². The lowest BCUT2D eigenvalue weighted by molar-refractivity contribution is -0.672. The van der Waals surface area contributed by atoms with Crippen LogP contribution >= 0.6 is 11.3 Å². The lowest BCUT2D eigenvalue weighted by Crippen LogP contribution is -3.00. The second kappa shape index (κ2) is 5.55. The first kappa shape index (κ1) is 13.1. The van der Waals surface area contributed by atoms with Gasteiger partial charge in [0.05, 0.1) is 6.20 Å². The number of anilines is 1. The van der Waals surface area contributed by atoms with Gasteiger partial charge in [-0.3, -0.25) is 0 Å². The highest BCUT2D eigenvalue weighted by molar-refractivity contribution is 7.13. The molecule has 1 aliphatic rings. The SMILES string of the molecule is Cc1csc2[n+]1CCN2/C=C/c1ccccc1.[Cl-]. The van der Waals surface area contributed by atoms with Crippen LogP contribution in [0.15, 0.2) is 41.9 Å². The maximum Gasteiger partial charge on any atom is 0.341 e. The Morgan fingerprint density at radius 2 is 2.06 bits per heavy atom. The Kier molecular flexibility index (Phi) is 4.04. The van der Waals surface area contributed by atoms with Gasteiger partial charge in [-0.1, -0.05) is 41.7 Å². The summed E-state index contributed by atoms with van der Waals surface area (Å²) in [5.74, 6) is 0. The number of thiazole rings is 1. The lowest BCUT2D eigenvalue weighted by atomic mass is 10.2. The van der Waals surface area contributed by atoms with E-state index in [1.54, 1.807) is 0 Å². The molecule has 1 aromatic carbocycles. The van der Waals surface area contributed by atoms with Gasteiger partial charge in [0.25, 0.3) is 0 Å². The van der Waals surface area contributed by atoms with Crippen molar-refractivity contribution in [2.75, 3.05) is 11.4 Å². The molecule has 0 aliphatic carbocycles. The minimum absolute atomic E-state index is 0. The number of hydrogen-bond donors (Lipinski definition) is 0. The standard InChI is InChI=1S/C14H15N2S.ClH/c1-12-11-17-14-15(9-10-16(12)14)8-7-13-5-3-2-4-6-13;/h2-8,11H,9-10H2,1H3;1H/q+1;/p-1/b8-7+;. The molecule has 18 heavy (non-hydrogen) atoms. The van der Waals surface area contributed by atoms with Crippen LogP contribution in [0.2, 0.25) is 0 Å². The first-order valence-electron chi connectivity index (χ1n) is 5.82. The molecule has 4 heteroatoms. The fourth-order valence-electron chi connectivity index (χ4n) is 2.09. The minimum atomic E-state index is 0. The van der Waals surface area contributed by atoms with Crippen LogP contribution < -0.4 is 21.9 Å². The van der Waals surface area contributed by atoms with E-state index in [9.17, 15) is 0 Å². The van der Waals surface area contributed by atoms with Crippen molar-refractivity contribution in [3.63, 3.8) is 0 Å². The Bertz CT molecular complexity index is 548. The van der Waals surface area contributed by atoms with Gasteiger partial charge in [0.1, 0.15) is 18.8 Å². The van der Waals surface area contributed by atoms with Gasteiger partial charge in [0.2, 0.25) is 0 Å². The third-order valence-electron chi connectivity index (χ3n) is 3.05. The van der Waals surface area contributed by atoms with Crippen molar-refractivity contribution >= 4 is 22.5 Å². The van der Waals surface area contributed by atoms with Gasteiger partial charge >= 0.3 is 5.13 Å². The summed E-state index contributed by atoms with van der Waals surface area (Å²) in [7, 11) is 0. The van der Waals surface area contributed by atoms with Crippen molar-refractivity contribution in [1.29, 1.82) is 0 Å². The van der Waals surface area contributed by atoms with Crippen LogP contribution in [-0.4, -0.2) is 6.54 Å². The fraction of sp³-hybridized carbons (Fsp3) is 0.214.